The van der Waals surface area contributed by atoms with Crippen LogP contribution in [0.25, 0.3) is 0 Å². The Morgan fingerprint density at radius 3 is 3.14 bits per heavy atom. The molecule has 6 heteroatoms. The van der Waals surface area contributed by atoms with Crippen molar-refractivity contribution >= 4 is 17.7 Å². The Morgan fingerprint density at radius 2 is 2.57 bits per heavy atom. The normalized spacial score (nSPS) is 21.3. The molecule has 0 amide bonds. The molecule has 0 bridgehead atoms. The van der Waals surface area contributed by atoms with Crippen molar-refractivity contribution in [3.05, 3.63) is 11.7 Å². The SMILES string of the molecule is O=C(O)c1noc(CC2CCSC2)n1. The number of aromatic nitrogens is 2. The molecular weight excluding hydrogens is 204 g/mol. The zero-order valence-electron chi connectivity index (χ0n) is 7.47. The van der Waals surface area contributed by atoms with Gasteiger partial charge in [0.15, 0.2) is 0 Å². The Labute approximate surface area is 84.9 Å². The summed E-state index contributed by atoms with van der Waals surface area (Å²) < 4.78 is 4.84. The Morgan fingerprint density at radius 1 is 1.71 bits per heavy atom. The Kier molecular flexibility index (Phi) is 2.72. The van der Waals surface area contributed by atoms with E-state index in [-0.39, 0.29) is 5.82 Å². The van der Waals surface area contributed by atoms with Crippen LogP contribution in [-0.4, -0.2) is 32.7 Å². The van der Waals surface area contributed by atoms with Crippen LogP contribution in [0.5, 0.6) is 0 Å². The highest BCUT2D eigenvalue weighted by atomic mass is 32.2. The van der Waals surface area contributed by atoms with Gasteiger partial charge in [-0.25, -0.2) is 4.79 Å². The van der Waals surface area contributed by atoms with Crippen molar-refractivity contribution in [3.8, 4) is 0 Å². The average molecular weight is 214 g/mol. The number of thioether (sulfide) groups is 1. The van der Waals surface area contributed by atoms with Crippen LogP contribution in [0.15, 0.2) is 4.52 Å². The van der Waals surface area contributed by atoms with Crippen molar-refractivity contribution in [2.24, 2.45) is 5.92 Å². The molecule has 0 radical (unpaired) electrons. The maximum atomic E-state index is 10.5. The zero-order chi connectivity index (χ0) is 9.97. The van der Waals surface area contributed by atoms with Gasteiger partial charge in [-0.05, 0) is 29.0 Å². The monoisotopic (exact) mass is 214 g/mol. The summed E-state index contributed by atoms with van der Waals surface area (Å²) in [5, 5.41) is 11.9. The fourth-order valence-corrected chi connectivity index (χ4v) is 2.70. The first kappa shape index (κ1) is 9.51. The summed E-state index contributed by atoms with van der Waals surface area (Å²) in [6.45, 7) is 0. The lowest BCUT2D eigenvalue weighted by Crippen LogP contribution is -2.04. The van der Waals surface area contributed by atoms with Crippen molar-refractivity contribution in [2.45, 2.75) is 12.8 Å². The van der Waals surface area contributed by atoms with E-state index in [4.69, 9.17) is 9.63 Å². The molecule has 2 rings (SSSR count). The first-order chi connectivity index (χ1) is 6.75. The molecule has 76 valence electrons. The minimum Gasteiger partial charge on any atom is -0.475 e. The van der Waals surface area contributed by atoms with E-state index in [0.29, 0.717) is 18.2 Å². The minimum absolute atomic E-state index is 0.245. The van der Waals surface area contributed by atoms with Gasteiger partial charge in [-0.1, -0.05) is 0 Å². The van der Waals surface area contributed by atoms with Gasteiger partial charge in [0.1, 0.15) is 0 Å². The number of hydrogen-bond acceptors (Lipinski definition) is 5. The quantitative estimate of drug-likeness (QED) is 0.810. The smallest absolute Gasteiger partial charge is 0.377 e. The molecule has 1 aromatic rings. The second-order valence-electron chi connectivity index (χ2n) is 3.25. The van der Waals surface area contributed by atoms with E-state index in [0.717, 1.165) is 12.2 Å². The zero-order valence-corrected chi connectivity index (χ0v) is 8.29. The van der Waals surface area contributed by atoms with Gasteiger partial charge in [0.25, 0.3) is 5.82 Å². The van der Waals surface area contributed by atoms with E-state index >= 15 is 0 Å². The van der Waals surface area contributed by atoms with Crippen LogP contribution in [0, 0.1) is 5.92 Å². The van der Waals surface area contributed by atoms with E-state index in [1.807, 2.05) is 11.8 Å². The minimum atomic E-state index is -1.14. The number of rotatable bonds is 3. The van der Waals surface area contributed by atoms with Crippen LogP contribution in [-0.2, 0) is 6.42 Å². The summed E-state index contributed by atoms with van der Waals surface area (Å²) in [6, 6.07) is 0. The molecular formula is C8H10N2O3S. The number of hydrogen-bond donors (Lipinski definition) is 1. The van der Waals surface area contributed by atoms with E-state index in [2.05, 4.69) is 10.1 Å². The Bertz CT molecular complexity index is 333. The standard InChI is InChI=1S/C8H10N2O3S/c11-8(12)7-9-6(13-10-7)3-5-1-2-14-4-5/h5H,1-4H2,(H,11,12). The van der Waals surface area contributed by atoms with Crippen LogP contribution < -0.4 is 0 Å². The largest absolute Gasteiger partial charge is 0.475 e. The van der Waals surface area contributed by atoms with Crippen LogP contribution in [0.3, 0.4) is 0 Å². The number of carboxylic acid groups (broad SMARTS) is 1. The highest BCUT2D eigenvalue weighted by Crippen LogP contribution is 2.25. The van der Waals surface area contributed by atoms with Gasteiger partial charge >= 0.3 is 5.97 Å². The van der Waals surface area contributed by atoms with Gasteiger partial charge in [0.2, 0.25) is 5.89 Å². The summed E-state index contributed by atoms with van der Waals surface area (Å²) in [5.41, 5.74) is 0. The first-order valence-electron chi connectivity index (χ1n) is 4.39. The van der Waals surface area contributed by atoms with Crippen LogP contribution in [0.2, 0.25) is 0 Å². The number of aromatic carboxylic acids is 1. The van der Waals surface area contributed by atoms with Crippen molar-refractivity contribution < 1.29 is 14.4 Å². The van der Waals surface area contributed by atoms with E-state index in [1.54, 1.807) is 0 Å². The second-order valence-corrected chi connectivity index (χ2v) is 4.40. The highest BCUT2D eigenvalue weighted by molar-refractivity contribution is 7.99. The third-order valence-corrected chi connectivity index (χ3v) is 3.38. The predicted molar refractivity (Wildman–Crippen MR) is 50.4 cm³/mol. The molecule has 1 unspecified atom stereocenters. The van der Waals surface area contributed by atoms with Gasteiger partial charge in [-0.3, -0.25) is 0 Å². The van der Waals surface area contributed by atoms with Crippen LogP contribution in [0.1, 0.15) is 22.9 Å². The maximum Gasteiger partial charge on any atom is 0.377 e. The molecule has 14 heavy (non-hydrogen) atoms. The lowest BCUT2D eigenvalue weighted by atomic mass is 10.1. The van der Waals surface area contributed by atoms with E-state index in [1.165, 1.54) is 5.75 Å². The molecule has 1 aromatic heterocycles. The molecule has 0 spiro atoms. The molecule has 1 aliphatic heterocycles. The molecule has 1 aliphatic rings. The lowest BCUT2D eigenvalue weighted by molar-refractivity contribution is 0.0680. The second kappa shape index (κ2) is 4.00. The van der Waals surface area contributed by atoms with E-state index in [9.17, 15) is 4.79 Å². The van der Waals surface area contributed by atoms with Crippen LogP contribution >= 0.6 is 11.8 Å². The fraction of sp³-hybridized carbons (Fsp3) is 0.625. The Balaban J connectivity index is 1.98. The van der Waals surface area contributed by atoms with Crippen molar-refractivity contribution in [2.75, 3.05) is 11.5 Å². The third-order valence-electron chi connectivity index (χ3n) is 2.15. The van der Waals surface area contributed by atoms with Crippen molar-refractivity contribution in [3.63, 3.8) is 0 Å². The molecule has 5 nitrogen and oxygen atoms in total. The topological polar surface area (TPSA) is 76.2 Å². The fourth-order valence-electron chi connectivity index (χ4n) is 1.42. The van der Waals surface area contributed by atoms with Gasteiger partial charge in [0.05, 0.1) is 0 Å². The first-order valence-corrected chi connectivity index (χ1v) is 5.55. The molecule has 1 N–H and O–H groups in total. The summed E-state index contributed by atoms with van der Waals surface area (Å²) in [6.07, 6.45) is 1.85. The summed E-state index contributed by atoms with van der Waals surface area (Å²) in [4.78, 5) is 14.2. The molecule has 0 saturated carbocycles. The van der Waals surface area contributed by atoms with Crippen molar-refractivity contribution in [1.29, 1.82) is 0 Å². The highest BCUT2D eigenvalue weighted by Gasteiger charge is 2.20. The lowest BCUT2D eigenvalue weighted by Gasteiger charge is -2.01. The molecule has 1 saturated heterocycles. The number of carboxylic acids is 1. The van der Waals surface area contributed by atoms with Gasteiger partial charge in [-0.15, -0.1) is 0 Å². The average Bonchev–Trinajstić information content (AvgIpc) is 2.75. The summed E-state index contributed by atoms with van der Waals surface area (Å²) in [5.74, 6) is 1.89. The third kappa shape index (κ3) is 2.06. The molecule has 1 atom stereocenters. The maximum absolute atomic E-state index is 10.5. The molecule has 2 heterocycles. The van der Waals surface area contributed by atoms with E-state index < -0.39 is 5.97 Å². The van der Waals surface area contributed by atoms with Crippen LogP contribution in [0.4, 0.5) is 0 Å². The summed E-state index contributed by atoms with van der Waals surface area (Å²) in [7, 11) is 0. The van der Waals surface area contributed by atoms with Crippen molar-refractivity contribution in [1.82, 2.24) is 10.1 Å². The summed E-state index contributed by atoms with van der Waals surface area (Å²) >= 11 is 1.91. The van der Waals surface area contributed by atoms with Gasteiger partial charge < -0.3 is 9.63 Å². The molecule has 1 fully saturated rings. The predicted octanol–water partition coefficient (Wildman–Crippen LogP) is 1.06. The van der Waals surface area contributed by atoms with Gasteiger partial charge in [0, 0.05) is 6.42 Å². The number of nitrogens with zero attached hydrogens (tertiary/aromatic N) is 2. The Hall–Kier alpha value is -1.04. The number of carbonyl (C=O) groups is 1. The van der Waals surface area contributed by atoms with Gasteiger partial charge in [-0.2, -0.15) is 16.7 Å². The molecule has 0 aliphatic carbocycles. The molecule has 0 aromatic carbocycles.